The Kier molecular flexibility index (Phi) is 6.05. The van der Waals surface area contributed by atoms with Gasteiger partial charge < -0.3 is 5.32 Å². The first-order valence-electron chi connectivity index (χ1n) is 7.47. The first-order chi connectivity index (χ1) is 9.31. The Morgan fingerprint density at radius 1 is 1.21 bits per heavy atom. The zero-order chi connectivity index (χ0) is 13.5. The van der Waals surface area contributed by atoms with Crippen molar-refractivity contribution in [2.45, 2.75) is 39.3 Å². The van der Waals surface area contributed by atoms with Crippen molar-refractivity contribution in [3.8, 4) is 0 Å². The standard InChI is InChI=1S/C16H26N2S/c1-3-18(4-2)13-14-6-5-7-16(12-14)17-15-8-10-19-11-9-15/h5-7,12,15,17H,3-4,8-11,13H2,1-2H3. The molecule has 1 aliphatic rings. The van der Waals surface area contributed by atoms with E-state index < -0.39 is 0 Å². The van der Waals surface area contributed by atoms with Crippen LogP contribution in [0.3, 0.4) is 0 Å². The average Bonchev–Trinajstić information content (AvgIpc) is 2.46. The first-order valence-corrected chi connectivity index (χ1v) is 8.63. The molecule has 106 valence electrons. The van der Waals surface area contributed by atoms with E-state index in [4.69, 9.17) is 0 Å². The van der Waals surface area contributed by atoms with Gasteiger partial charge in [-0.1, -0.05) is 26.0 Å². The van der Waals surface area contributed by atoms with Crippen molar-refractivity contribution >= 4 is 17.4 Å². The van der Waals surface area contributed by atoms with Crippen LogP contribution >= 0.6 is 11.8 Å². The van der Waals surface area contributed by atoms with Gasteiger partial charge in [-0.15, -0.1) is 0 Å². The second-order valence-corrected chi connectivity index (χ2v) is 6.42. The van der Waals surface area contributed by atoms with E-state index in [1.54, 1.807) is 0 Å². The summed E-state index contributed by atoms with van der Waals surface area (Å²) < 4.78 is 0. The van der Waals surface area contributed by atoms with Crippen LogP contribution in [-0.2, 0) is 6.54 Å². The highest BCUT2D eigenvalue weighted by Gasteiger charge is 2.13. The molecule has 2 nitrogen and oxygen atoms in total. The van der Waals surface area contributed by atoms with Crippen molar-refractivity contribution in [2.75, 3.05) is 29.9 Å². The molecule has 0 bridgehead atoms. The van der Waals surface area contributed by atoms with Crippen molar-refractivity contribution in [2.24, 2.45) is 0 Å². The molecule has 0 atom stereocenters. The zero-order valence-corrected chi connectivity index (χ0v) is 13.0. The Bertz CT molecular complexity index is 371. The van der Waals surface area contributed by atoms with Gasteiger partial charge in [0.05, 0.1) is 0 Å². The molecule has 0 amide bonds. The summed E-state index contributed by atoms with van der Waals surface area (Å²) in [5.41, 5.74) is 2.71. The van der Waals surface area contributed by atoms with E-state index in [1.807, 2.05) is 0 Å². The number of rotatable bonds is 6. The SMILES string of the molecule is CCN(CC)Cc1cccc(NC2CCSCC2)c1. The minimum absolute atomic E-state index is 0.671. The van der Waals surface area contributed by atoms with Crippen molar-refractivity contribution in [3.05, 3.63) is 29.8 Å². The maximum Gasteiger partial charge on any atom is 0.0345 e. The van der Waals surface area contributed by atoms with Gasteiger partial charge in [-0.25, -0.2) is 0 Å². The van der Waals surface area contributed by atoms with Gasteiger partial charge in [0.15, 0.2) is 0 Å². The van der Waals surface area contributed by atoms with Crippen LogP contribution in [0.15, 0.2) is 24.3 Å². The lowest BCUT2D eigenvalue weighted by molar-refractivity contribution is 0.296. The number of nitrogens with zero attached hydrogens (tertiary/aromatic N) is 1. The van der Waals surface area contributed by atoms with Crippen molar-refractivity contribution in [3.63, 3.8) is 0 Å². The van der Waals surface area contributed by atoms with Crippen LogP contribution in [0, 0.1) is 0 Å². The maximum absolute atomic E-state index is 3.70. The Morgan fingerprint density at radius 2 is 1.95 bits per heavy atom. The molecule has 3 heteroatoms. The molecular formula is C16H26N2S. The largest absolute Gasteiger partial charge is 0.382 e. The topological polar surface area (TPSA) is 15.3 Å². The van der Waals surface area contributed by atoms with Gasteiger partial charge in [0.2, 0.25) is 0 Å². The third-order valence-corrected chi connectivity index (χ3v) is 4.87. The van der Waals surface area contributed by atoms with Gasteiger partial charge in [0.1, 0.15) is 0 Å². The highest BCUT2D eigenvalue weighted by atomic mass is 32.2. The number of nitrogens with one attached hydrogen (secondary N) is 1. The number of hydrogen-bond acceptors (Lipinski definition) is 3. The van der Waals surface area contributed by atoms with Crippen LogP contribution in [0.4, 0.5) is 5.69 Å². The minimum atomic E-state index is 0.671. The van der Waals surface area contributed by atoms with E-state index in [9.17, 15) is 0 Å². The smallest absolute Gasteiger partial charge is 0.0345 e. The molecule has 19 heavy (non-hydrogen) atoms. The van der Waals surface area contributed by atoms with Crippen LogP contribution in [0.25, 0.3) is 0 Å². The van der Waals surface area contributed by atoms with Crippen molar-refractivity contribution in [1.82, 2.24) is 4.90 Å². The van der Waals surface area contributed by atoms with Crippen LogP contribution in [0.1, 0.15) is 32.3 Å². The van der Waals surface area contributed by atoms with Crippen molar-refractivity contribution in [1.29, 1.82) is 0 Å². The molecule has 0 unspecified atom stereocenters. The summed E-state index contributed by atoms with van der Waals surface area (Å²) in [5.74, 6) is 2.60. The number of anilines is 1. The Labute approximate surface area is 122 Å². The molecule has 1 saturated heterocycles. The lowest BCUT2D eigenvalue weighted by Crippen LogP contribution is -2.25. The predicted octanol–water partition coefficient (Wildman–Crippen LogP) is 3.84. The maximum atomic E-state index is 3.70. The molecule has 0 aromatic heterocycles. The molecule has 1 aromatic rings. The predicted molar refractivity (Wildman–Crippen MR) is 87.0 cm³/mol. The summed E-state index contributed by atoms with van der Waals surface area (Å²) in [6.45, 7) is 7.75. The molecule has 0 radical (unpaired) electrons. The fraction of sp³-hybridized carbons (Fsp3) is 0.625. The molecule has 0 spiro atoms. The van der Waals surface area contributed by atoms with Crippen molar-refractivity contribution < 1.29 is 0 Å². The average molecular weight is 278 g/mol. The summed E-state index contributed by atoms with van der Waals surface area (Å²) >= 11 is 2.08. The lowest BCUT2D eigenvalue weighted by atomic mass is 10.1. The van der Waals surface area contributed by atoms with Crippen LogP contribution in [0.2, 0.25) is 0 Å². The van der Waals surface area contributed by atoms with Gasteiger partial charge in [-0.3, -0.25) is 4.90 Å². The third kappa shape index (κ3) is 4.73. The first kappa shape index (κ1) is 14.7. The fourth-order valence-corrected chi connectivity index (χ4v) is 3.65. The molecule has 1 aromatic carbocycles. The number of hydrogen-bond donors (Lipinski definition) is 1. The number of thioether (sulfide) groups is 1. The lowest BCUT2D eigenvalue weighted by Gasteiger charge is -2.24. The highest BCUT2D eigenvalue weighted by molar-refractivity contribution is 7.99. The van der Waals surface area contributed by atoms with Gasteiger partial charge in [-0.05, 0) is 55.1 Å². The third-order valence-electron chi connectivity index (χ3n) is 3.82. The zero-order valence-electron chi connectivity index (χ0n) is 12.2. The summed E-state index contributed by atoms with van der Waals surface area (Å²) in [7, 11) is 0. The monoisotopic (exact) mass is 278 g/mol. The summed E-state index contributed by atoms with van der Waals surface area (Å²) in [5, 5.41) is 3.70. The molecule has 1 N–H and O–H groups in total. The molecule has 1 heterocycles. The molecule has 2 rings (SSSR count). The number of benzene rings is 1. The van der Waals surface area contributed by atoms with Gasteiger partial charge in [0, 0.05) is 18.3 Å². The minimum Gasteiger partial charge on any atom is -0.382 e. The molecule has 1 fully saturated rings. The van der Waals surface area contributed by atoms with E-state index in [1.165, 1.54) is 35.6 Å². The quantitative estimate of drug-likeness (QED) is 0.851. The van der Waals surface area contributed by atoms with E-state index in [0.29, 0.717) is 6.04 Å². The van der Waals surface area contributed by atoms with Crippen LogP contribution < -0.4 is 5.32 Å². The van der Waals surface area contributed by atoms with Gasteiger partial charge >= 0.3 is 0 Å². The van der Waals surface area contributed by atoms with Gasteiger partial charge in [0.25, 0.3) is 0 Å². The van der Waals surface area contributed by atoms with E-state index in [2.05, 4.69) is 60.1 Å². The fourth-order valence-electron chi connectivity index (χ4n) is 2.54. The Hall–Kier alpha value is -0.670. The Morgan fingerprint density at radius 3 is 2.63 bits per heavy atom. The van der Waals surface area contributed by atoms with Gasteiger partial charge in [-0.2, -0.15) is 11.8 Å². The summed E-state index contributed by atoms with van der Waals surface area (Å²) in [6, 6.07) is 9.61. The van der Waals surface area contributed by atoms with E-state index in [0.717, 1.165) is 19.6 Å². The highest BCUT2D eigenvalue weighted by Crippen LogP contribution is 2.21. The molecule has 1 aliphatic heterocycles. The van der Waals surface area contributed by atoms with Crippen LogP contribution in [-0.4, -0.2) is 35.5 Å². The second kappa shape index (κ2) is 7.81. The molecular weight excluding hydrogens is 252 g/mol. The summed E-state index contributed by atoms with van der Waals surface area (Å²) in [4.78, 5) is 2.45. The molecule has 0 saturated carbocycles. The molecule has 0 aliphatic carbocycles. The Balaban J connectivity index is 1.94. The normalized spacial score (nSPS) is 16.8. The van der Waals surface area contributed by atoms with E-state index in [-0.39, 0.29) is 0 Å². The van der Waals surface area contributed by atoms with E-state index >= 15 is 0 Å². The van der Waals surface area contributed by atoms with Crippen LogP contribution in [0.5, 0.6) is 0 Å². The second-order valence-electron chi connectivity index (χ2n) is 5.19. The summed E-state index contributed by atoms with van der Waals surface area (Å²) in [6.07, 6.45) is 2.59.